The Morgan fingerprint density at radius 2 is 1.89 bits per heavy atom. The predicted octanol–water partition coefficient (Wildman–Crippen LogP) is -0.542. The maximum Gasteiger partial charge on any atom is 0.188 e. The normalized spacial score (nSPS) is 8.00. The second-order valence-electron chi connectivity index (χ2n) is 1.23. The topological polar surface area (TPSA) is 90.7 Å². The highest BCUT2D eigenvalue weighted by molar-refractivity contribution is 5.85. The van der Waals surface area contributed by atoms with Crippen LogP contribution < -0.4 is 11.5 Å². The Morgan fingerprint density at radius 1 is 1.22 bits per heavy atom. The number of nitrogen functional groups attached to an aromatic ring is 2. The van der Waals surface area contributed by atoms with Crippen molar-refractivity contribution in [2.45, 2.75) is 0 Å². The molecule has 9 heavy (non-hydrogen) atoms. The summed E-state index contributed by atoms with van der Waals surface area (Å²) in [5, 5.41) is 6.80. The lowest BCUT2D eigenvalue weighted by Crippen LogP contribution is -2.00. The van der Waals surface area contributed by atoms with Crippen molar-refractivity contribution in [2.75, 3.05) is 11.5 Å². The first-order chi connectivity index (χ1) is 3.80. The second-order valence-corrected chi connectivity index (χ2v) is 1.23. The van der Waals surface area contributed by atoms with Crippen LogP contribution in [-0.4, -0.2) is 15.2 Å². The van der Waals surface area contributed by atoms with E-state index in [0.717, 1.165) is 0 Å². The lowest BCUT2D eigenvalue weighted by atomic mass is 10.7. The third-order valence-electron chi connectivity index (χ3n) is 0.676. The fraction of sp³-hybridized carbons (Fsp3) is 0. The van der Waals surface area contributed by atoms with Crippen molar-refractivity contribution >= 4 is 24.0 Å². The number of hydrogen-bond donors (Lipinski definition) is 2. The van der Waals surface area contributed by atoms with E-state index in [2.05, 4.69) is 15.2 Å². The fourth-order valence-corrected chi connectivity index (χ4v) is 0.293. The zero-order valence-electron chi connectivity index (χ0n) is 4.48. The summed E-state index contributed by atoms with van der Waals surface area (Å²) in [7, 11) is 0. The Balaban J connectivity index is 0.000000640. The molecular formula is C3H6ClN5. The smallest absolute Gasteiger partial charge is 0.188 e. The van der Waals surface area contributed by atoms with E-state index >= 15 is 0 Å². The van der Waals surface area contributed by atoms with Crippen LogP contribution in [0.15, 0.2) is 6.33 Å². The number of nitrogens with two attached hydrogens (primary N) is 2. The Hall–Kier alpha value is -1.10. The number of nitrogens with zero attached hydrogens (tertiary/aromatic N) is 3. The van der Waals surface area contributed by atoms with Gasteiger partial charge >= 0.3 is 0 Å². The largest absolute Gasteiger partial charge is 0.381 e. The van der Waals surface area contributed by atoms with E-state index in [1.165, 1.54) is 6.33 Å². The highest BCUT2D eigenvalue weighted by Gasteiger charge is 1.90. The molecule has 1 aromatic heterocycles. The van der Waals surface area contributed by atoms with Gasteiger partial charge in [0, 0.05) is 0 Å². The molecule has 0 atom stereocenters. The second kappa shape index (κ2) is 3.03. The Kier molecular flexibility index (Phi) is 2.66. The third-order valence-corrected chi connectivity index (χ3v) is 0.676. The van der Waals surface area contributed by atoms with Crippen LogP contribution in [0.5, 0.6) is 0 Å². The van der Waals surface area contributed by atoms with Gasteiger partial charge in [-0.1, -0.05) is 0 Å². The summed E-state index contributed by atoms with van der Waals surface area (Å²) in [5.41, 5.74) is 10.3. The molecular weight excluding hydrogens is 142 g/mol. The summed E-state index contributed by atoms with van der Waals surface area (Å²) in [5.74, 6) is 0.396. The van der Waals surface area contributed by atoms with E-state index in [9.17, 15) is 0 Å². The summed E-state index contributed by atoms with van der Waals surface area (Å²) >= 11 is 0. The summed E-state index contributed by atoms with van der Waals surface area (Å²) in [6.45, 7) is 0. The van der Waals surface area contributed by atoms with E-state index in [4.69, 9.17) is 11.5 Å². The monoisotopic (exact) mass is 147 g/mol. The van der Waals surface area contributed by atoms with E-state index in [1.54, 1.807) is 0 Å². The molecule has 0 amide bonds. The van der Waals surface area contributed by atoms with E-state index in [-0.39, 0.29) is 24.0 Å². The zero-order chi connectivity index (χ0) is 5.98. The molecule has 4 N–H and O–H groups in total. The third kappa shape index (κ3) is 1.69. The van der Waals surface area contributed by atoms with Crippen LogP contribution in [0, 0.1) is 0 Å². The SMILES string of the molecule is Cl.Nc1ncnnc1N. The molecule has 0 aromatic carbocycles. The summed E-state index contributed by atoms with van der Waals surface area (Å²) in [6.07, 6.45) is 1.24. The van der Waals surface area contributed by atoms with Crippen molar-refractivity contribution in [1.82, 2.24) is 15.2 Å². The molecule has 0 spiro atoms. The van der Waals surface area contributed by atoms with Crippen LogP contribution in [-0.2, 0) is 0 Å². The fourth-order valence-electron chi connectivity index (χ4n) is 0.293. The number of rotatable bonds is 0. The minimum atomic E-state index is 0. The van der Waals surface area contributed by atoms with Crippen molar-refractivity contribution < 1.29 is 0 Å². The molecule has 0 bridgehead atoms. The number of halogens is 1. The van der Waals surface area contributed by atoms with Crippen LogP contribution in [0.4, 0.5) is 11.6 Å². The minimum Gasteiger partial charge on any atom is -0.381 e. The summed E-state index contributed by atoms with van der Waals surface area (Å²) < 4.78 is 0. The molecule has 0 aliphatic carbocycles. The molecule has 0 aliphatic heterocycles. The minimum absolute atomic E-state index is 0. The quantitative estimate of drug-likeness (QED) is 0.514. The van der Waals surface area contributed by atoms with Crippen molar-refractivity contribution in [3.05, 3.63) is 6.33 Å². The molecule has 5 nitrogen and oxygen atoms in total. The first kappa shape index (κ1) is 7.90. The van der Waals surface area contributed by atoms with E-state index < -0.39 is 0 Å². The summed E-state index contributed by atoms with van der Waals surface area (Å²) in [4.78, 5) is 3.56. The molecule has 0 aliphatic rings. The van der Waals surface area contributed by atoms with Gasteiger partial charge in [0.05, 0.1) is 0 Å². The van der Waals surface area contributed by atoms with Crippen LogP contribution in [0.3, 0.4) is 0 Å². The maximum atomic E-state index is 5.18. The van der Waals surface area contributed by atoms with Crippen LogP contribution >= 0.6 is 12.4 Å². The van der Waals surface area contributed by atoms with Crippen molar-refractivity contribution in [3.8, 4) is 0 Å². The Labute approximate surface area is 57.9 Å². The lowest BCUT2D eigenvalue weighted by Gasteiger charge is -1.90. The van der Waals surface area contributed by atoms with Gasteiger partial charge in [-0.05, 0) is 0 Å². The lowest BCUT2D eigenvalue weighted by molar-refractivity contribution is 0.987. The molecule has 0 saturated heterocycles. The van der Waals surface area contributed by atoms with E-state index in [0.29, 0.717) is 0 Å². The van der Waals surface area contributed by atoms with Gasteiger partial charge < -0.3 is 11.5 Å². The maximum absolute atomic E-state index is 5.18. The first-order valence-corrected chi connectivity index (χ1v) is 1.99. The summed E-state index contributed by atoms with van der Waals surface area (Å²) in [6, 6.07) is 0. The highest BCUT2D eigenvalue weighted by Crippen LogP contribution is 1.99. The number of anilines is 2. The van der Waals surface area contributed by atoms with Crippen molar-refractivity contribution in [1.29, 1.82) is 0 Å². The van der Waals surface area contributed by atoms with Gasteiger partial charge in [0.1, 0.15) is 6.33 Å². The van der Waals surface area contributed by atoms with Gasteiger partial charge in [0.2, 0.25) is 0 Å². The van der Waals surface area contributed by atoms with Gasteiger partial charge in [-0.2, -0.15) is 0 Å². The van der Waals surface area contributed by atoms with Crippen LogP contribution in [0.2, 0.25) is 0 Å². The number of hydrogen-bond acceptors (Lipinski definition) is 5. The molecule has 0 fully saturated rings. The van der Waals surface area contributed by atoms with Gasteiger partial charge in [-0.25, -0.2) is 4.98 Å². The molecule has 0 saturated carbocycles. The first-order valence-electron chi connectivity index (χ1n) is 1.99. The van der Waals surface area contributed by atoms with Gasteiger partial charge in [0.25, 0.3) is 0 Å². The average Bonchev–Trinajstić information content (AvgIpc) is 1.77. The molecule has 1 rings (SSSR count). The highest BCUT2D eigenvalue weighted by atomic mass is 35.5. The van der Waals surface area contributed by atoms with Gasteiger partial charge in [-0.15, -0.1) is 22.6 Å². The molecule has 6 heteroatoms. The molecule has 1 aromatic rings. The van der Waals surface area contributed by atoms with Crippen molar-refractivity contribution in [2.24, 2.45) is 0 Å². The standard InChI is InChI=1S/C3H5N5.ClH/c4-2-3(5)8-7-1-6-2;/h1H,(H2,5,8)(H2,4,6,7);1H. The molecule has 0 unspecified atom stereocenters. The average molecular weight is 148 g/mol. The number of aromatic nitrogens is 3. The molecule has 1 heterocycles. The zero-order valence-corrected chi connectivity index (χ0v) is 5.30. The van der Waals surface area contributed by atoms with Crippen LogP contribution in [0.1, 0.15) is 0 Å². The Bertz CT molecular complexity index is 168. The van der Waals surface area contributed by atoms with Gasteiger partial charge in [-0.3, -0.25) is 0 Å². The predicted molar refractivity (Wildman–Crippen MR) is 35.9 cm³/mol. The van der Waals surface area contributed by atoms with Gasteiger partial charge in [0.15, 0.2) is 11.6 Å². The molecule has 0 radical (unpaired) electrons. The molecule has 50 valence electrons. The Morgan fingerprint density at radius 3 is 2.22 bits per heavy atom. The van der Waals surface area contributed by atoms with Crippen molar-refractivity contribution in [3.63, 3.8) is 0 Å². The van der Waals surface area contributed by atoms with E-state index in [1.807, 2.05) is 0 Å². The van der Waals surface area contributed by atoms with Crippen LogP contribution in [0.25, 0.3) is 0 Å².